The summed E-state index contributed by atoms with van der Waals surface area (Å²) in [6.45, 7) is 0. The van der Waals surface area contributed by atoms with Gasteiger partial charge in [0.15, 0.2) is 0 Å². The number of benzene rings is 1. The molecule has 0 aromatic heterocycles. The van der Waals surface area contributed by atoms with Gasteiger partial charge in [-0.1, -0.05) is 31.0 Å². The van der Waals surface area contributed by atoms with E-state index < -0.39 is 0 Å². The summed E-state index contributed by atoms with van der Waals surface area (Å²) in [5.41, 5.74) is 6.74. The number of halogens is 2. The lowest BCUT2D eigenvalue weighted by Gasteiger charge is -2.19. The molecule has 0 aliphatic heterocycles. The molecule has 3 heteroatoms. The quantitative estimate of drug-likeness (QED) is 0.826. The summed E-state index contributed by atoms with van der Waals surface area (Å²) in [5, 5.41) is 0. The molecule has 1 saturated carbocycles. The average molecular weight is 230 g/mol. The van der Waals surface area contributed by atoms with Gasteiger partial charge < -0.3 is 5.73 Å². The first-order valence-corrected chi connectivity index (χ1v) is 5.29. The largest absolute Gasteiger partial charge is 0.324 e. The van der Waals surface area contributed by atoms with E-state index >= 15 is 0 Å². The monoisotopic (exact) mass is 229 g/mol. The molecular formula is C12H17ClFN. The molecule has 1 aliphatic carbocycles. The Kier molecular flexibility index (Phi) is 4.55. The smallest absolute Gasteiger partial charge is 0.127 e. The predicted octanol–water partition coefficient (Wildman–Crippen LogP) is 3.44. The topological polar surface area (TPSA) is 26.0 Å². The van der Waals surface area contributed by atoms with E-state index in [-0.39, 0.29) is 24.3 Å². The molecule has 0 saturated heterocycles. The molecule has 0 spiro atoms. The molecule has 84 valence electrons. The Morgan fingerprint density at radius 2 is 1.80 bits per heavy atom. The highest BCUT2D eigenvalue weighted by Crippen LogP contribution is 2.34. The van der Waals surface area contributed by atoms with Gasteiger partial charge in [-0.25, -0.2) is 4.39 Å². The molecule has 0 radical (unpaired) electrons. The normalized spacial score (nSPS) is 18.5. The standard InChI is InChI=1S/C12H16FN.ClH/c13-11-8-4-3-7-10(11)12(14)9-5-1-2-6-9;/h3-4,7-9,12H,1-2,5-6,14H2;1H. The first kappa shape index (κ1) is 12.5. The fourth-order valence-corrected chi connectivity index (χ4v) is 2.32. The zero-order chi connectivity index (χ0) is 9.97. The molecule has 1 unspecified atom stereocenters. The highest BCUT2D eigenvalue weighted by molar-refractivity contribution is 5.85. The maximum atomic E-state index is 13.4. The Morgan fingerprint density at radius 3 is 2.40 bits per heavy atom. The molecule has 0 amide bonds. The second-order valence-electron chi connectivity index (χ2n) is 4.09. The van der Waals surface area contributed by atoms with Crippen LogP contribution in [-0.2, 0) is 0 Å². The molecule has 1 aromatic carbocycles. The van der Waals surface area contributed by atoms with Crippen molar-refractivity contribution < 1.29 is 4.39 Å². The third-order valence-corrected chi connectivity index (χ3v) is 3.17. The lowest BCUT2D eigenvalue weighted by Crippen LogP contribution is -2.20. The molecule has 0 heterocycles. The van der Waals surface area contributed by atoms with Gasteiger partial charge >= 0.3 is 0 Å². The summed E-state index contributed by atoms with van der Waals surface area (Å²) in [6, 6.07) is 6.74. The third kappa shape index (κ3) is 2.70. The third-order valence-electron chi connectivity index (χ3n) is 3.17. The van der Waals surface area contributed by atoms with E-state index in [2.05, 4.69) is 0 Å². The Bertz CT molecular complexity index is 310. The van der Waals surface area contributed by atoms with Crippen LogP contribution in [0.25, 0.3) is 0 Å². The Hall–Kier alpha value is -0.600. The van der Waals surface area contributed by atoms with Crippen LogP contribution >= 0.6 is 12.4 Å². The minimum absolute atomic E-state index is 0. The van der Waals surface area contributed by atoms with Crippen LogP contribution in [0.3, 0.4) is 0 Å². The molecule has 1 aliphatic rings. The molecule has 1 aromatic rings. The fraction of sp³-hybridized carbons (Fsp3) is 0.500. The summed E-state index contributed by atoms with van der Waals surface area (Å²) < 4.78 is 13.4. The minimum Gasteiger partial charge on any atom is -0.324 e. The summed E-state index contributed by atoms with van der Waals surface area (Å²) in [6.07, 6.45) is 4.78. The zero-order valence-electron chi connectivity index (χ0n) is 8.66. The molecule has 2 N–H and O–H groups in total. The maximum absolute atomic E-state index is 13.4. The molecule has 1 atom stereocenters. The summed E-state index contributed by atoms with van der Waals surface area (Å²) in [7, 11) is 0. The van der Waals surface area contributed by atoms with Crippen molar-refractivity contribution in [3.05, 3.63) is 35.6 Å². The molecule has 0 bridgehead atoms. The lowest BCUT2D eigenvalue weighted by atomic mass is 9.92. The van der Waals surface area contributed by atoms with Gasteiger partial charge in [-0.3, -0.25) is 0 Å². The van der Waals surface area contributed by atoms with Gasteiger partial charge in [0.05, 0.1) is 0 Å². The number of rotatable bonds is 2. The average Bonchev–Trinajstić information content (AvgIpc) is 2.70. The van der Waals surface area contributed by atoms with E-state index in [0.717, 1.165) is 12.8 Å². The van der Waals surface area contributed by atoms with E-state index in [4.69, 9.17) is 5.73 Å². The van der Waals surface area contributed by atoms with E-state index in [1.165, 1.54) is 18.9 Å². The molecular weight excluding hydrogens is 213 g/mol. The SMILES string of the molecule is Cl.NC(c1ccccc1F)C1CCCC1. The van der Waals surface area contributed by atoms with Crippen LogP contribution in [0.1, 0.15) is 37.3 Å². The van der Waals surface area contributed by atoms with Gasteiger partial charge in [0, 0.05) is 11.6 Å². The molecule has 1 fully saturated rings. The van der Waals surface area contributed by atoms with Crippen molar-refractivity contribution in [2.24, 2.45) is 11.7 Å². The van der Waals surface area contributed by atoms with Crippen LogP contribution in [-0.4, -0.2) is 0 Å². The highest BCUT2D eigenvalue weighted by atomic mass is 35.5. The summed E-state index contributed by atoms with van der Waals surface area (Å²) in [5.74, 6) is 0.318. The number of nitrogens with two attached hydrogens (primary N) is 1. The minimum atomic E-state index is -0.160. The van der Waals surface area contributed by atoms with E-state index in [1.54, 1.807) is 12.1 Å². The lowest BCUT2D eigenvalue weighted by molar-refractivity contribution is 0.429. The summed E-state index contributed by atoms with van der Waals surface area (Å²) >= 11 is 0. The fourth-order valence-electron chi connectivity index (χ4n) is 2.32. The number of hydrogen-bond donors (Lipinski definition) is 1. The van der Waals surface area contributed by atoms with Gasteiger partial charge in [0.2, 0.25) is 0 Å². The van der Waals surface area contributed by atoms with Crippen molar-refractivity contribution in [1.82, 2.24) is 0 Å². The van der Waals surface area contributed by atoms with Crippen molar-refractivity contribution in [2.75, 3.05) is 0 Å². The van der Waals surface area contributed by atoms with Crippen LogP contribution < -0.4 is 5.73 Å². The zero-order valence-corrected chi connectivity index (χ0v) is 9.47. The van der Waals surface area contributed by atoms with Crippen LogP contribution in [0.2, 0.25) is 0 Å². The van der Waals surface area contributed by atoms with Crippen LogP contribution in [0.15, 0.2) is 24.3 Å². The van der Waals surface area contributed by atoms with E-state index in [0.29, 0.717) is 11.5 Å². The van der Waals surface area contributed by atoms with Gasteiger partial charge in [-0.05, 0) is 24.8 Å². The second kappa shape index (κ2) is 5.47. The predicted molar refractivity (Wildman–Crippen MR) is 62.5 cm³/mol. The number of hydrogen-bond acceptors (Lipinski definition) is 1. The van der Waals surface area contributed by atoms with Crippen LogP contribution in [0, 0.1) is 11.7 Å². The van der Waals surface area contributed by atoms with E-state index in [1.807, 2.05) is 6.07 Å². The molecule has 15 heavy (non-hydrogen) atoms. The van der Waals surface area contributed by atoms with Gasteiger partial charge in [0.1, 0.15) is 5.82 Å². The van der Waals surface area contributed by atoms with Crippen LogP contribution in [0.5, 0.6) is 0 Å². The molecule has 2 rings (SSSR count). The first-order chi connectivity index (χ1) is 6.79. The Morgan fingerprint density at radius 1 is 1.20 bits per heavy atom. The van der Waals surface area contributed by atoms with Gasteiger partial charge in [-0.15, -0.1) is 12.4 Å². The van der Waals surface area contributed by atoms with Crippen molar-refractivity contribution >= 4 is 12.4 Å². The van der Waals surface area contributed by atoms with E-state index in [9.17, 15) is 4.39 Å². The maximum Gasteiger partial charge on any atom is 0.127 e. The Balaban J connectivity index is 0.00000112. The van der Waals surface area contributed by atoms with Gasteiger partial charge in [-0.2, -0.15) is 0 Å². The first-order valence-electron chi connectivity index (χ1n) is 5.29. The van der Waals surface area contributed by atoms with Crippen molar-refractivity contribution in [3.63, 3.8) is 0 Å². The van der Waals surface area contributed by atoms with Crippen molar-refractivity contribution in [3.8, 4) is 0 Å². The molecule has 1 nitrogen and oxygen atoms in total. The van der Waals surface area contributed by atoms with Crippen molar-refractivity contribution in [2.45, 2.75) is 31.7 Å². The summed E-state index contributed by atoms with van der Waals surface area (Å²) in [4.78, 5) is 0. The van der Waals surface area contributed by atoms with Crippen molar-refractivity contribution in [1.29, 1.82) is 0 Å². The second-order valence-corrected chi connectivity index (χ2v) is 4.09. The van der Waals surface area contributed by atoms with Crippen LogP contribution in [0.4, 0.5) is 4.39 Å². The Labute approximate surface area is 96.3 Å². The highest BCUT2D eigenvalue weighted by Gasteiger charge is 2.24. The van der Waals surface area contributed by atoms with Gasteiger partial charge in [0.25, 0.3) is 0 Å².